The summed E-state index contributed by atoms with van der Waals surface area (Å²) < 4.78 is 5.55. The Hall–Kier alpha value is -1.43. The van der Waals surface area contributed by atoms with Crippen LogP contribution in [0.15, 0.2) is 48.5 Å². The topological polar surface area (TPSA) is 43.4 Å². The van der Waals surface area contributed by atoms with Crippen LogP contribution in [-0.2, 0) is 4.74 Å². The molecule has 1 heterocycles. The van der Waals surface area contributed by atoms with Crippen LogP contribution in [0, 0.1) is 0 Å². The molecular formula is C18H15ClO3S2. The van der Waals surface area contributed by atoms with Gasteiger partial charge in [-0.25, -0.2) is 4.79 Å². The number of esters is 1. The quantitative estimate of drug-likeness (QED) is 0.549. The van der Waals surface area contributed by atoms with Crippen molar-refractivity contribution >= 4 is 46.9 Å². The van der Waals surface area contributed by atoms with Crippen LogP contribution in [0.2, 0.25) is 5.02 Å². The smallest absolute Gasteiger partial charge is 0.338 e. The lowest BCUT2D eigenvalue weighted by atomic mass is 10.1. The van der Waals surface area contributed by atoms with Crippen molar-refractivity contribution in [3.8, 4) is 0 Å². The van der Waals surface area contributed by atoms with Crippen LogP contribution in [0.4, 0.5) is 0 Å². The van der Waals surface area contributed by atoms with Crippen LogP contribution in [0.25, 0.3) is 0 Å². The first kappa shape index (κ1) is 17.4. The Morgan fingerprint density at radius 2 is 1.54 bits per heavy atom. The third kappa shape index (κ3) is 4.35. The molecule has 0 N–H and O–H groups in total. The van der Waals surface area contributed by atoms with Crippen molar-refractivity contribution in [1.29, 1.82) is 0 Å². The Balaban J connectivity index is 1.56. The van der Waals surface area contributed by atoms with Crippen LogP contribution in [0.5, 0.6) is 0 Å². The first-order valence-electron chi connectivity index (χ1n) is 7.42. The van der Waals surface area contributed by atoms with Crippen molar-refractivity contribution in [3.63, 3.8) is 0 Å². The first-order chi connectivity index (χ1) is 11.6. The Bertz CT molecular complexity index is 723. The van der Waals surface area contributed by atoms with E-state index in [0.717, 1.165) is 11.5 Å². The van der Waals surface area contributed by atoms with Gasteiger partial charge in [-0.1, -0.05) is 23.7 Å². The number of carbonyl (C=O) groups is 2. The van der Waals surface area contributed by atoms with E-state index in [9.17, 15) is 9.59 Å². The van der Waals surface area contributed by atoms with Gasteiger partial charge in [-0.05, 0) is 42.0 Å². The molecule has 0 bridgehead atoms. The maximum atomic E-state index is 12.1. The molecule has 0 radical (unpaired) electrons. The van der Waals surface area contributed by atoms with Crippen LogP contribution in [0.3, 0.4) is 0 Å². The summed E-state index contributed by atoms with van der Waals surface area (Å²) in [5, 5.41) is 0.558. The number of halogens is 1. The maximum absolute atomic E-state index is 12.1. The van der Waals surface area contributed by atoms with E-state index in [1.165, 1.54) is 5.56 Å². The van der Waals surface area contributed by atoms with E-state index in [4.69, 9.17) is 16.3 Å². The van der Waals surface area contributed by atoms with Gasteiger partial charge < -0.3 is 4.74 Å². The fourth-order valence-electron chi connectivity index (χ4n) is 2.26. The molecule has 2 aromatic carbocycles. The van der Waals surface area contributed by atoms with E-state index in [1.54, 1.807) is 36.4 Å². The van der Waals surface area contributed by atoms with Crippen molar-refractivity contribution in [1.82, 2.24) is 0 Å². The largest absolute Gasteiger partial charge is 0.454 e. The minimum atomic E-state index is -0.490. The number of ether oxygens (including phenoxy) is 1. The highest BCUT2D eigenvalue weighted by Gasteiger charge is 2.19. The Kier molecular flexibility index (Phi) is 5.87. The fourth-order valence-corrected chi connectivity index (χ4v) is 5.25. The molecule has 0 unspecified atom stereocenters. The zero-order valence-electron chi connectivity index (χ0n) is 12.7. The number of Topliss-reactive ketones (excluding diaryl/α,β-unsaturated/α-hetero) is 1. The highest BCUT2D eigenvalue weighted by Crippen LogP contribution is 2.45. The van der Waals surface area contributed by atoms with Gasteiger partial charge in [0.2, 0.25) is 0 Å². The predicted molar refractivity (Wildman–Crippen MR) is 100 cm³/mol. The second-order valence-electron chi connectivity index (χ2n) is 5.20. The van der Waals surface area contributed by atoms with Gasteiger partial charge in [0.15, 0.2) is 12.4 Å². The van der Waals surface area contributed by atoms with E-state index in [0.29, 0.717) is 20.7 Å². The lowest BCUT2D eigenvalue weighted by Crippen LogP contribution is -2.14. The monoisotopic (exact) mass is 378 g/mol. The van der Waals surface area contributed by atoms with Crippen molar-refractivity contribution in [2.45, 2.75) is 4.58 Å². The molecule has 1 saturated heterocycles. The van der Waals surface area contributed by atoms with E-state index in [2.05, 4.69) is 0 Å². The molecule has 1 aliphatic rings. The summed E-state index contributed by atoms with van der Waals surface area (Å²) in [5.74, 6) is 1.57. The van der Waals surface area contributed by atoms with Crippen molar-refractivity contribution in [3.05, 3.63) is 70.2 Å². The van der Waals surface area contributed by atoms with Crippen LogP contribution < -0.4 is 0 Å². The summed E-state index contributed by atoms with van der Waals surface area (Å²) in [7, 11) is 0. The molecule has 0 aliphatic carbocycles. The summed E-state index contributed by atoms with van der Waals surface area (Å²) in [4.78, 5) is 24.1. The van der Waals surface area contributed by atoms with Gasteiger partial charge >= 0.3 is 5.97 Å². The zero-order chi connectivity index (χ0) is 16.9. The lowest BCUT2D eigenvalue weighted by molar-refractivity contribution is 0.0475. The Morgan fingerprint density at radius 3 is 2.17 bits per heavy atom. The van der Waals surface area contributed by atoms with Gasteiger partial charge in [-0.2, -0.15) is 0 Å². The van der Waals surface area contributed by atoms with Crippen molar-refractivity contribution in [2.24, 2.45) is 0 Å². The highest BCUT2D eigenvalue weighted by atomic mass is 35.5. The van der Waals surface area contributed by atoms with Crippen LogP contribution >= 0.6 is 35.1 Å². The predicted octanol–water partition coefficient (Wildman–Crippen LogP) is 4.86. The van der Waals surface area contributed by atoms with Gasteiger partial charge in [0.05, 0.1) is 10.1 Å². The van der Waals surface area contributed by atoms with E-state index in [1.807, 2.05) is 35.7 Å². The second kappa shape index (κ2) is 8.10. The van der Waals surface area contributed by atoms with Gasteiger partial charge in [0.25, 0.3) is 0 Å². The number of rotatable bonds is 5. The molecule has 24 heavy (non-hydrogen) atoms. The average molecular weight is 379 g/mol. The van der Waals surface area contributed by atoms with Gasteiger partial charge in [0.1, 0.15) is 0 Å². The molecule has 1 aliphatic heterocycles. The third-order valence-electron chi connectivity index (χ3n) is 3.54. The highest BCUT2D eigenvalue weighted by molar-refractivity contribution is 8.19. The zero-order valence-corrected chi connectivity index (χ0v) is 15.1. The number of benzene rings is 2. The lowest BCUT2D eigenvalue weighted by Gasteiger charge is -2.09. The summed E-state index contributed by atoms with van der Waals surface area (Å²) in [6, 6.07) is 13.9. The molecule has 0 saturated carbocycles. The van der Waals surface area contributed by atoms with Crippen molar-refractivity contribution < 1.29 is 14.3 Å². The molecular weight excluding hydrogens is 364 g/mol. The molecule has 3 rings (SSSR count). The number of ketones is 1. The maximum Gasteiger partial charge on any atom is 0.338 e. The molecule has 2 aromatic rings. The van der Waals surface area contributed by atoms with E-state index >= 15 is 0 Å². The number of hydrogen-bond donors (Lipinski definition) is 0. The van der Waals surface area contributed by atoms with Crippen LogP contribution in [0.1, 0.15) is 30.9 Å². The van der Waals surface area contributed by atoms with Gasteiger partial charge in [0, 0.05) is 22.1 Å². The number of carbonyl (C=O) groups excluding carboxylic acids is 2. The number of thioether (sulfide) groups is 2. The standard InChI is InChI=1S/C18H15ClO3S2/c19-15-7-5-12(6-8-15)16(20)11-22-17(21)13-1-3-14(4-2-13)18-23-9-10-24-18/h1-8,18H,9-11H2. The van der Waals surface area contributed by atoms with Crippen LogP contribution in [-0.4, -0.2) is 29.9 Å². The molecule has 0 amide bonds. The fraction of sp³-hybridized carbons (Fsp3) is 0.222. The Morgan fingerprint density at radius 1 is 0.958 bits per heavy atom. The van der Waals surface area contributed by atoms with Gasteiger partial charge in [-0.3, -0.25) is 4.79 Å². The third-order valence-corrected chi connectivity index (χ3v) is 6.90. The average Bonchev–Trinajstić information content (AvgIpc) is 3.15. The van der Waals surface area contributed by atoms with E-state index < -0.39 is 5.97 Å². The summed E-state index contributed by atoms with van der Waals surface area (Å²) in [5.41, 5.74) is 2.13. The normalized spacial score (nSPS) is 14.5. The first-order valence-corrected chi connectivity index (χ1v) is 9.90. The minimum Gasteiger partial charge on any atom is -0.454 e. The number of hydrogen-bond acceptors (Lipinski definition) is 5. The molecule has 0 spiro atoms. The Labute approximate surface area is 154 Å². The minimum absolute atomic E-state index is 0.254. The SMILES string of the molecule is O=C(COC(=O)c1ccc(C2SCCS2)cc1)c1ccc(Cl)cc1. The summed E-state index contributed by atoms with van der Waals surface area (Å²) in [6.45, 7) is -0.281. The summed E-state index contributed by atoms with van der Waals surface area (Å²) >= 11 is 9.61. The molecule has 0 aromatic heterocycles. The molecule has 6 heteroatoms. The molecule has 124 valence electrons. The molecule has 3 nitrogen and oxygen atoms in total. The van der Waals surface area contributed by atoms with E-state index in [-0.39, 0.29) is 12.4 Å². The molecule has 0 atom stereocenters. The molecule has 1 fully saturated rings. The summed E-state index contributed by atoms with van der Waals surface area (Å²) in [6.07, 6.45) is 0. The second-order valence-corrected chi connectivity index (χ2v) is 8.36. The van der Waals surface area contributed by atoms with Crippen molar-refractivity contribution in [2.75, 3.05) is 18.1 Å². The van der Waals surface area contributed by atoms with Gasteiger partial charge in [-0.15, -0.1) is 23.5 Å².